The molecule has 17 heavy (non-hydrogen) atoms. The predicted molar refractivity (Wildman–Crippen MR) is 66.4 cm³/mol. The zero-order valence-corrected chi connectivity index (χ0v) is 10.4. The second-order valence-electron chi connectivity index (χ2n) is 3.44. The van der Waals surface area contributed by atoms with Gasteiger partial charge in [0, 0.05) is 24.7 Å². The van der Waals surface area contributed by atoms with E-state index in [9.17, 15) is 4.79 Å². The number of hydrogen-bond donors (Lipinski definition) is 1. The Morgan fingerprint density at radius 2 is 2.47 bits per heavy atom. The molecule has 0 bridgehead atoms. The van der Waals surface area contributed by atoms with Crippen LogP contribution >= 0.6 is 15.9 Å². The van der Waals surface area contributed by atoms with Gasteiger partial charge < -0.3 is 5.32 Å². The maximum atomic E-state index is 11.4. The highest BCUT2D eigenvalue weighted by molar-refractivity contribution is 9.10. The predicted octanol–water partition coefficient (Wildman–Crippen LogP) is 2.34. The molecule has 2 aromatic heterocycles. The molecule has 0 aliphatic rings. The molecule has 2 heterocycles. The Labute approximate surface area is 106 Å². The van der Waals surface area contributed by atoms with Gasteiger partial charge >= 0.3 is 0 Å². The van der Waals surface area contributed by atoms with Gasteiger partial charge in [0.15, 0.2) is 0 Å². The largest absolute Gasteiger partial charge is 0.326 e. The van der Waals surface area contributed by atoms with Gasteiger partial charge in [0.25, 0.3) is 0 Å². The number of amides is 1. The average Bonchev–Trinajstić information content (AvgIpc) is 2.68. The second kappa shape index (κ2) is 4.97. The standard InChI is InChI=1S/C11H9BrN4O/c12-9-7-14-16-5-3-8(6-10(9)16)15-11(17)2-1-4-13/h3,5-7H,1-2H2,(H,15,17). The Morgan fingerprint density at radius 1 is 1.65 bits per heavy atom. The number of nitrogens with zero attached hydrogens (tertiary/aromatic N) is 3. The molecule has 2 aromatic rings. The minimum Gasteiger partial charge on any atom is -0.326 e. The lowest BCUT2D eigenvalue weighted by atomic mass is 10.3. The number of fused-ring (bicyclic) bond motifs is 1. The number of nitriles is 1. The lowest BCUT2D eigenvalue weighted by molar-refractivity contribution is -0.116. The molecule has 0 unspecified atom stereocenters. The summed E-state index contributed by atoms with van der Waals surface area (Å²) in [5, 5.41) is 15.2. The minimum absolute atomic E-state index is 0.161. The van der Waals surface area contributed by atoms with E-state index in [0.29, 0.717) is 5.69 Å². The van der Waals surface area contributed by atoms with Crippen molar-refractivity contribution >= 4 is 33.0 Å². The fraction of sp³-hybridized carbons (Fsp3) is 0.182. The van der Waals surface area contributed by atoms with Crippen molar-refractivity contribution in [3.63, 3.8) is 0 Å². The Balaban J connectivity index is 2.16. The minimum atomic E-state index is -0.161. The van der Waals surface area contributed by atoms with Crippen molar-refractivity contribution in [2.45, 2.75) is 12.8 Å². The van der Waals surface area contributed by atoms with Gasteiger partial charge in [-0.15, -0.1) is 0 Å². The van der Waals surface area contributed by atoms with Crippen molar-refractivity contribution in [2.24, 2.45) is 0 Å². The van der Waals surface area contributed by atoms with Crippen molar-refractivity contribution in [1.29, 1.82) is 5.26 Å². The Morgan fingerprint density at radius 3 is 3.24 bits per heavy atom. The number of anilines is 1. The highest BCUT2D eigenvalue weighted by Crippen LogP contribution is 2.20. The average molecular weight is 293 g/mol. The summed E-state index contributed by atoms with van der Waals surface area (Å²) in [7, 11) is 0. The lowest BCUT2D eigenvalue weighted by Gasteiger charge is -2.04. The first kappa shape index (κ1) is 11.6. The molecule has 0 aromatic carbocycles. The van der Waals surface area contributed by atoms with E-state index in [1.54, 1.807) is 23.0 Å². The number of hydrogen-bond acceptors (Lipinski definition) is 3. The molecule has 0 saturated heterocycles. The van der Waals surface area contributed by atoms with Gasteiger partial charge in [-0.05, 0) is 28.1 Å². The molecule has 0 saturated carbocycles. The van der Waals surface area contributed by atoms with Crippen LogP contribution in [0.3, 0.4) is 0 Å². The van der Waals surface area contributed by atoms with Crippen LogP contribution in [-0.4, -0.2) is 15.5 Å². The summed E-state index contributed by atoms with van der Waals surface area (Å²) in [4.78, 5) is 11.4. The van der Waals surface area contributed by atoms with Gasteiger partial charge in [-0.2, -0.15) is 10.4 Å². The quantitative estimate of drug-likeness (QED) is 0.944. The molecule has 0 radical (unpaired) electrons. The van der Waals surface area contributed by atoms with Crippen LogP contribution in [0.5, 0.6) is 0 Å². The van der Waals surface area contributed by atoms with E-state index < -0.39 is 0 Å². The van der Waals surface area contributed by atoms with Crippen LogP contribution in [0.15, 0.2) is 29.0 Å². The van der Waals surface area contributed by atoms with Gasteiger partial charge in [-0.1, -0.05) is 0 Å². The van der Waals surface area contributed by atoms with Crippen molar-refractivity contribution < 1.29 is 4.79 Å². The van der Waals surface area contributed by atoms with Crippen LogP contribution in [0.2, 0.25) is 0 Å². The van der Waals surface area contributed by atoms with Gasteiger partial charge in [0.05, 0.1) is 22.3 Å². The van der Waals surface area contributed by atoms with Crippen molar-refractivity contribution in [2.75, 3.05) is 5.32 Å². The molecular weight excluding hydrogens is 284 g/mol. The van der Waals surface area contributed by atoms with E-state index in [2.05, 4.69) is 26.3 Å². The second-order valence-corrected chi connectivity index (χ2v) is 4.30. The van der Waals surface area contributed by atoms with Crippen LogP contribution in [-0.2, 0) is 4.79 Å². The molecule has 0 aliphatic carbocycles. The van der Waals surface area contributed by atoms with E-state index >= 15 is 0 Å². The molecule has 5 nitrogen and oxygen atoms in total. The number of nitrogens with one attached hydrogen (secondary N) is 1. The summed E-state index contributed by atoms with van der Waals surface area (Å²) in [5.41, 5.74) is 1.57. The first-order chi connectivity index (χ1) is 8.20. The first-order valence-corrected chi connectivity index (χ1v) is 5.79. The maximum absolute atomic E-state index is 11.4. The van der Waals surface area contributed by atoms with E-state index in [1.165, 1.54) is 0 Å². The number of aromatic nitrogens is 2. The normalized spacial score (nSPS) is 10.1. The van der Waals surface area contributed by atoms with E-state index in [4.69, 9.17) is 5.26 Å². The van der Waals surface area contributed by atoms with Crippen molar-refractivity contribution in [3.05, 3.63) is 29.0 Å². The molecule has 86 valence electrons. The summed E-state index contributed by atoms with van der Waals surface area (Å²) < 4.78 is 2.57. The van der Waals surface area contributed by atoms with E-state index in [0.717, 1.165) is 9.99 Å². The number of halogens is 1. The molecule has 0 spiro atoms. The number of carbonyl (C=O) groups is 1. The molecule has 0 atom stereocenters. The highest BCUT2D eigenvalue weighted by Gasteiger charge is 2.05. The third-order valence-electron chi connectivity index (χ3n) is 2.22. The summed E-state index contributed by atoms with van der Waals surface area (Å²) in [6, 6.07) is 5.52. The molecule has 0 fully saturated rings. The van der Waals surface area contributed by atoms with Crippen LogP contribution < -0.4 is 5.32 Å². The monoisotopic (exact) mass is 292 g/mol. The van der Waals surface area contributed by atoms with Crippen molar-refractivity contribution in [3.8, 4) is 6.07 Å². The number of carbonyl (C=O) groups excluding carboxylic acids is 1. The number of rotatable bonds is 3. The summed E-state index contributed by atoms with van der Waals surface area (Å²) in [6.45, 7) is 0. The Hall–Kier alpha value is -1.87. The molecule has 1 N–H and O–H groups in total. The zero-order valence-electron chi connectivity index (χ0n) is 8.85. The molecule has 1 amide bonds. The van der Waals surface area contributed by atoms with Gasteiger partial charge in [-0.3, -0.25) is 4.79 Å². The summed E-state index contributed by atoms with van der Waals surface area (Å²) in [6.07, 6.45) is 3.89. The van der Waals surface area contributed by atoms with Gasteiger partial charge in [0.2, 0.25) is 5.91 Å². The van der Waals surface area contributed by atoms with Crippen LogP contribution in [0.1, 0.15) is 12.8 Å². The summed E-state index contributed by atoms with van der Waals surface area (Å²) >= 11 is 3.37. The third-order valence-corrected chi connectivity index (χ3v) is 2.83. The van der Waals surface area contributed by atoms with E-state index in [-0.39, 0.29) is 18.7 Å². The SMILES string of the molecule is N#CCCC(=O)Nc1ccn2ncc(Br)c2c1. The third kappa shape index (κ3) is 2.63. The fourth-order valence-corrected chi connectivity index (χ4v) is 1.81. The molecule has 6 heteroatoms. The van der Waals surface area contributed by atoms with Crippen molar-refractivity contribution in [1.82, 2.24) is 9.61 Å². The van der Waals surface area contributed by atoms with Gasteiger partial charge in [-0.25, -0.2) is 4.52 Å². The molecule has 0 aliphatic heterocycles. The Kier molecular flexibility index (Phi) is 3.40. The smallest absolute Gasteiger partial charge is 0.225 e. The fourth-order valence-electron chi connectivity index (χ4n) is 1.42. The molecule has 2 rings (SSSR count). The summed E-state index contributed by atoms with van der Waals surface area (Å²) in [5.74, 6) is -0.161. The van der Waals surface area contributed by atoms with E-state index in [1.807, 2.05) is 12.1 Å². The van der Waals surface area contributed by atoms with Crippen LogP contribution in [0.25, 0.3) is 5.52 Å². The lowest BCUT2D eigenvalue weighted by Crippen LogP contribution is -2.10. The first-order valence-electron chi connectivity index (χ1n) is 5.00. The highest BCUT2D eigenvalue weighted by atomic mass is 79.9. The van der Waals surface area contributed by atoms with Crippen LogP contribution in [0.4, 0.5) is 5.69 Å². The topological polar surface area (TPSA) is 70.2 Å². The Bertz CT molecular complexity index is 599. The van der Waals surface area contributed by atoms with Crippen LogP contribution in [0, 0.1) is 11.3 Å². The number of pyridine rings is 1. The van der Waals surface area contributed by atoms with Gasteiger partial charge in [0.1, 0.15) is 0 Å². The molecular formula is C11H9BrN4O. The zero-order chi connectivity index (χ0) is 12.3. The maximum Gasteiger partial charge on any atom is 0.225 e.